The number of ether oxygens (including phenoxy) is 1. The quantitative estimate of drug-likeness (QED) is 0.277. The van der Waals surface area contributed by atoms with Crippen molar-refractivity contribution in [2.24, 2.45) is 5.10 Å². The van der Waals surface area contributed by atoms with Crippen LogP contribution in [0.4, 0.5) is 5.69 Å². The molecule has 1 amide bonds. The smallest absolute Gasteiger partial charge is 0.271 e. The molecule has 1 aromatic heterocycles. The molecule has 0 unspecified atom stereocenters. The van der Waals surface area contributed by atoms with Gasteiger partial charge in [0.25, 0.3) is 11.6 Å². The van der Waals surface area contributed by atoms with Crippen LogP contribution < -0.4 is 10.2 Å². The van der Waals surface area contributed by atoms with Crippen molar-refractivity contribution in [1.29, 1.82) is 0 Å². The van der Waals surface area contributed by atoms with Crippen molar-refractivity contribution in [1.82, 2.24) is 5.43 Å². The van der Waals surface area contributed by atoms with Gasteiger partial charge in [-0.1, -0.05) is 36.4 Å². The number of nitro groups is 1. The summed E-state index contributed by atoms with van der Waals surface area (Å²) in [7, 11) is 1.47. The van der Waals surface area contributed by atoms with Gasteiger partial charge in [-0.05, 0) is 35.0 Å². The molecule has 0 saturated carbocycles. The number of rotatable bonds is 6. The molecule has 0 bridgehead atoms. The fourth-order valence-electron chi connectivity index (χ4n) is 3.21. The normalized spacial score (nSPS) is 11.0. The minimum atomic E-state index is -0.489. The number of benzene rings is 3. The lowest BCUT2D eigenvalue weighted by atomic mass is 10.0. The highest BCUT2D eigenvalue weighted by atomic mass is 16.6. The fraction of sp³-hybridized carbons (Fsp3) is 0.0435. The van der Waals surface area contributed by atoms with Crippen molar-refractivity contribution >= 4 is 28.6 Å². The largest absolute Gasteiger partial charge is 0.496 e. The Morgan fingerprint density at radius 1 is 1.10 bits per heavy atom. The second-order valence-corrected chi connectivity index (χ2v) is 6.57. The van der Waals surface area contributed by atoms with E-state index < -0.39 is 4.92 Å². The highest BCUT2D eigenvalue weighted by Gasteiger charge is 2.16. The Balaban J connectivity index is 1.52. The van der Waals surface area contributed by atoms with Gasteiger partial charge in [-0.25, -0.2) is 5.43 Å². The Kier molecular flexibility index (Phi) is 5.44. The summed E-state index contributed by atoms with van der Waals surface area (Å²) in [5.74, 6) is 0.831. The van der Waals surface area contributed by atoms with E-state index in [-0.39, 0.29) is 11.6 Å². The first-order valence-corrected chi connectivity index (χ1v) is 9.30. The predicted octanol–water partition coefficient (Wildman–Crippen LogP) is 4.78. The Labute approximate surface area is 176 Å². The van der Waals surface area contributed by atoms with Gasteiger partial charge in [0.05, 0.1) is 23.8 Å². The molecule has 31 heavy (non-hydrogen) atoms. The molecule has 1 heterocycles. The van der Waals surface area contributed by atoms with Crippen LogP contribution in [0.15, 0.2) is 82.3 Å². The summed E-state index contributed by atoms with van der Waals surface area (Å²) in [6, 6.07) is 20.6. The molecule has 0 aliphatic carbocycles. The summed E-state index contributed by atoms with van der Waals surface area (Å²) in [6.07, 6.45) is 1.36. The van der Waals surface area contributed by atoms with E-state index in [0.29, 0.717) is 28.4 Å². The average molecular weight is 415 g/mol. The third-order valence-electron chi connectivity index (χ3n) is 4.68. The van der Waals surface area contributed by atoms with E-state index in [0.717, 1.165) is 10.8 Å². The molecule has 0 saturated heterocycles. The molecular formula is C23H17N3O5. The van der Waals surface area contributed by atoms with Crippen molar-refractivity contribution in [2.75, 3.05) is 7.11 Å². The molecule has 8 heteroatoms. The van der Waals surface area contributed by atoms with Gasteiger partial charge in [0.2, 0.25) is 0 Å². The highest BCUT2D eigenvalue weighted by molar-refractivity contribution is 6.07. The molecule has 1 N–H and O–H groups in total. The van der Waals surface area contributed by atoms with Crippen LogP contribution in [-0.4, -0.2) is 24.2 Å². The van der Waals surface area contributed by atoms with Crippen LogP contribution in [0.5, 0.6) is 5.75 Å². The topological polar surface area (TPSA) is 107 Å². The second-order valence-electron chi connectivity index (χ2n) is 6.57. The Morgan fingerprint density at radius 3 is 2.71 bits per heavy atom. The molecule has 0 radical (unpaired) electrons. The summed E-state index contributed by atoms with van der Waals surface area (Å²) in [5.41, 5.74) is 3.36. The number of amides is 1. The molecule has 4 aromatic rings. The Morgan fingerprint density at radius 2 is 1.90 bits per heavy atom. The van der Waals surface area contributed by atoms with Crippen molar-refractivity contribution in [2.45, 2.75) is 0 Å². The molecule has 8 nitrogen and oxygen atoms in total. The maximum atomic E-state index is 12.5. The van der Waals surface area contributed by atoms with Gasteiger partial charge in [-0.3, -0.25) is 14.9 Å². The number of furan rings is 1. The fourth-order valence-corrected chi connectivity index (χ4v) is 3.21. The number of nitro benzene ring substituents is 1. The zero-order valence-corrected chi connectivity index (χ0v) is 16.4. The molecule has 3 aromatic carbocycles. The summed E-state index contributed by atoms with van der Waals surface area (Å²) in [5, 5.41) is 16.8. The van der Waals surface area contributed by atoms with Gasteiger partial charge in [-0.2, -0.15) is 5.10 Å². The lowest BCUT2D eigenvalue weighted by Gasteiger charge is -2.05. The number of fused-ring (bicyclic) bond motifs is 1. The third-order valence-corrected chi connectivity index (χ3v) is 4.68. The van der Waals surface area contributed by atoms with E-state index in [9.17, 15) is 14.9 Å². The standard InChI is InChI=1S/C23H17N3O5/c1-30-21-11-9-16(26(28)29)13-20(21)22-12-10-17(31-22)14-24-25-23(27)19-8-4-6-15-5-2-3-7-18(15)19/h2-14H,1H3,(H,25,27)/b24-14-. The molecule has 4 rings (SSSR count). The van der Waals surface area contributed by atoms with Crippen LogP contribution in [-0.2, 0) is 0 Å². The van der Waals surface area contributed by atoms with E-state index in [2.05, 4.69) is 10.5 Å². The molecule has 0 atom stereocenters. The summed E-state index contributed by atoms with van der Waals surface area (Å²) in [4.78, 5) is 23.1. The molecule has 154 valence electrons. The van der Waals surface area contributed by atoms with Crippen LogP contribution in [0.3, 0.4) is 0 Å². The van der Waals surface area contributed by atoms with Gasteiger partial charge in [0, 0.05) is 17.7 Å². The molecule has 0 aliphatic heterocycles. The monoisotopic (exact) mass is 415 g/mol. The van der Waals surface area contributed by atoms with Crippen molar-refractivity contribution in [3.8, 4) is 17.1 Å². The van der Waals surface area contributed by atoms with E-state index >= 15 is 0 Å². The number of carbonyl (C=O) groups excluding carboxylic acids is 1. The number of nitrogens with zero attached hydrogens (tertiary/aromatic N) is 2. The predicted molar refractivity (Wildman–Crippen MR) is 116 cm³/mol. The lowest BCUT2D eigenvalue weighted by Crippen LogP contribution is -2.17. The van der Waals surface area contributed by atoms with Gasteiger partial charge < -0.3 is 9.15 Å². The number of hydrogen-bond acceptors (Lipinski definition) is 6. The van der Waals surface area contributed by atoms with E-state index in [4.69, 9.17) is 9.15 Å². The van der Waals surface area contributed by atoms with Crippen LogP contribution in [0.2, 0.25) is 0 Å². The third kappa shape index (κ3) is 4.13. The minimum absolute atomic E-state index is 0.0789. The second kappa shape index (κ2) is 8.50. The lowest BCUT2D eigenvalue weighted by molar-refractivity contribution is -0.384. The first-order chi connectivity index (χ1) is 15.1. The molecule has 0 spiro atoms. The van der Waals surface area contributed by atoms with Crippen LogP contribution in [0.1, 0.15) is 16.1 Å². The van der Waals surface area contributed by atoms with Crippen molar-refractivity contribution in [3.05, 3.63) is 94.2 Å². The van der Waals surface area contributed by atoms with E-state index in [1.165, 1.54) is 31.5 Å². The summed E-state index contributed by atoms with van der Waals surface area (Å²) >= 11 is 0. The van der Waals surface area contributed by atoms with E-state index in [1.54, 1.807) is 18.2 Å². The van der Waals surface area contributed by atoms with Gasteiger partial charge >= 0.3 is 0 Å². The average Bonchev–Trinajstić information content (AvgIpc) is 3.26. The summed E-state index contributed by atoms with van der Waals surface area (Å²) < 4.78 is 11.0. The van der Waals surface area contributed by atoms with Gasteiger partial charge in [0.15, 0.2) is 0 Å². The number of methoxy groups -OCH3 is 1. The number of carbonyl (C=O) groups is 1. The highest BCUT2D eigenvalue weighted by Crippen LogP contribution is 2.34. The molecule has 0 fully saturated rings. The zero-order valence-electron chi connectivity index (χ0n) is 16.4. The van der Waals surface area contributed by atoms with Crippen LogP contribution in [0.25, 0.3) is 22.1 Å². The number of non-ortho nitro benzene ring substituents is 1. The Hall–Kier alpha value is -4.46. The van der Waals surface area contributed by atoms with Crippen molar-refractivity contribution in [3.63, 3.8) is 0 Å². The van der Waals surface area contributed by atoms with Crippen molar-refractivity contribution < 1.29 is 18.9 Å². The molecular weight excluding hydrogens is 398 g/mol. The first kappa shape index (κ1) is 19.8. The number of hydrazone groups is 1. The summed E-state index contributed by atoms with van der Waals surface area (Å²) in [6.45, 7) is 0. The maximum absolute atomic E-state index is 12.5. The minimum Gasteiger partial charge on any atom is -0.496 e. The zero-order chi connectivity index (χ0) is 21.8. The Bertz CT molecular complexity index is 1300. The van der Waals surface area contributed by atoms with Gasteiger partial charge in [-0.15, -0.1) is 0 Å². The number of nitrogens with one attached hydrogen (secondary N) is 1. The molecule has 0 aliphatic rings. The van der Waals surface area contributed by atoms with E-state index in [1.807, 2.05) is 36.4 Å². The maximum Gasteiger partial charge on any atom is 0.271 e. The number of hydrogen-bond donors (Lipinski definition) is 1. The van der Waals surface area contributed by atoms with Gasteiger partial charge in [0.1, 0.15) is 17.3 Å². The SMILES string of the molecule is COc1ccc([N+](=O)[O-])cc1-c1ccc(/C=N\NC(=O)c2cccc3ccccc23)o1. The van der Waals surface area contributed by atoms with Crippen LogP contribution >= 0.6 is 0 Å². The first-order valence-electron chi connectivity index (χ1n) is 9.30. The van der Waals surface area contributed by atoms with Crippen LogP contribution in [0, 0.1) is 10.1 Å².